The molecule has 3 aromatic rings. The van der Waals surface area contributed by atoms with Gasteiger partial charge in [-0.05, 0) is 24.3 Å². The van der Waals surface area contributed by atoms with Gasteiger partial charge in [-0.1, -0.05) is 6.07 Å². The molecule has 6 nitrogen and oxygen atoms in total. The number of pyridine rings is 2. The van der Waals surface area contributed by atoms with Crippen LogP contribution in [0, 0.1) is 0 Å². The van der Waals surface area contributed by atoms with Crippen molar-refractivity contribution in [2.45, 2.75) is 0 Å². The standard InChI is InChI=1S/C13H9N3O3/c17-13(18)19-12-8-16-7-9(4-5-11(16)15-12)10-3-1-2-6-14-10/h1-8H,(H,17,18). The number of hydrogen-bond donors (Lipinski definition) is 1. The van der Waals surface area contributed by atoms with E-state index in [4.69, 9.17) is 5.11 Å². The molecule has 94 valence electrons. The second-order valence-electron chi connectivity index (χ2n) is 3.85. The Balaban J connectivity index is 2.03. The van der Waals surface area contributed by atoms with Gasteiger partial charge in [-0.15, -0.1) is 0 Å². The Morgan fingerprint density at radius 2 is 2.11 bits per heavy atom. The summed E-state index contributed by atoms with van der Waals surface area (Å²) in [5.41, 5.74) is 2.35. The summed E-state index contributed by atoms with van der Waals surface area (Å²) in [4.78, 5) is 18.7. The van der Waals surface area contributed by atoms with E-state index in [1.165, 1.54) is 6.20 Å². The van der Waals surface area contributed by atoms with Gasteiger partial charge in [0.1, 0.15) is 5.65 Å². The molecule has 19 heavy (non-hydrogen) atoms. The minimum Gasteiger partial charge on any atom is -0.449 e. The quantitative estimate of drug-likeness (QED) is 0.712. The normalized spacial score (nSPS) is 10.5. The van der Waals surface area contributed by atoms with E-state index >= 15 is 0 Å². The highest BCUT2D eigenvalue weighted by Gasteiger charge is 2.07. The van der Waals surface area contributed by atoms with Crippen LogP contribution in [0.4, 0.5) is 4.79 Å². The van der Waals surface area contributed by atoms with Gasteiger partial charge in [0, 0.05) is 18.0 Å². The van der Waals surface area contributed by atoms with Crippen molar-refractivity contribution in [1.82, 2.24) is 14.4 Å². The minimum atomic E-state index is -1.38. The molecular formula is C13H9N3O3. The van der Waals surface area contributed by atoms with Gasteiger partial charge in [-0.3, -0.25) is 4.98 Å². The predicted molar refractivity (Wildman–Crippen MR) is 67.1 cm³/mol. The van der Waals surface area contributed by atoms with Crippen LogP contribution in [0.5, 0.6) is 5.88 Å². The zero-order chi connectivity index (χ0) is 13.2. The first kappa shape index (κ1) is 11.2. The van der Waals surface area contributed by atoms with Crippen LogP contribution in [0.1, 0.15) is 0 Å². The first-order valence-corrected chi connectivity index (χ1v) is 5.53. The molecule has 0 saturated carbocycles. The van der Waals surface area contributed by atoms with E-state index in [0.29, 0.717) is 5.65 Å². The second kappa shape index (κ2) is 4.41. The summed E-state index contributed by atoms with van der Waals surface area (Å²) in [5, 5.41) is 8.54. The molecular weight excluding hydrogens is 246 g/mol. The van der Waals surface area contributed by atoms with Gasteiger partial charge in [0.2, 0.25) is 5.88 Å². The molecule has 3 heterocycles. The Kier molecular flexibility index (Phi) is 2.60. The van der Waals surface area contributed by atoms with Crippen LogP contribution in [0.15, 0.2) is 48.9 Å². The molecule has 6 heteroatoms. The second-order valence-corrected chi connectivity index (χ2v) is 3.85. The molecule has 0 aromatic carbocycles. The van der Waals surface area contributed by atoms with Crippen molar-refractivity contribution in [2.24, 2.45) is 0 Å². The highest BCUT2D eigenvalue weighted by molar-refractivity contribution is 5.63. The van der Waals surface area contributed by atoms with Crippen molar-refractivity contribution < 1.29 is 14.6 Å². The third kappa shape index (κ3) is 2.23. The number of rotatable bonds is 2. The van der Waals surface area contributed by atoms with E-state index in [0.717, 1.165) is 11.3 Å². The van der Waals surface area contributed by atoms with Crippen LogP contribution < -0.4 is 4.74 Å². The lowest BCUT2D eigenvalue weighted by Crippen LogP contribution is -2.02. The molecule has 3 rings (SSSR count). The zero-order valence-electron chi connectivity index (χ0n) is 9.72. The van der Waals surface area contributed by atoms with Crippen LogP contribution in [-0.4, -0.2) is 25.6 Å². The fourth-order valence-electron chi connectivity index (χ4n) is 1.79. The lowest BCUT2D eigenvalue weighted by molar-refractivity contribution is 0.143. The fourth-order valence-corrected chi connectivity index (χ4v) is 1.79. The van der Waals surface area contributed by atoms with Crippen LogP contribution >= 0.6 is 0 Å². The lowest BCUT2D eigenvalue weighted by atomic mass is 10.2. The molecule has 3 aromatic heterocycles. The summed E-state index contributed by atoms with van der Waals surface area (Å²) in [7, 11) is 0. The van der Waals surface area contributed by atoms with Gasteiger partial charge in [-0.25, -0.2) is 4.79 Å². The maximum Gasteiger partial charge on any atom is 0.512 e. The fraction of sp³-hybridized carbons (Fsp3) is 0. The summed E-state index contributed by atoms with van der Waals surface area (Å²) in [6.07, 6.45) is 3.66. The van der Waals surface area contributed by atoms with Gasteiger partial charge in [0.05, 0.1) is 11.9 Å². The maximum absolute atomic E-state index is 10.5. The number of carbonyl (C=O) groups is 1. The summed E-state index contributed by atoms with van der Waals surface area (Å²) < 4.78 is 6.21. The Morgan fingerprint density at radius 1 is 1.21 bits per heavy atom. The van der Waals surface area contributed by atoms with Crippen LogP contribution in [0.3, 0.4) is 0 Å². The van der Waals surface area contributed by atoms with Crippen molar-refractivity contribution in [1.29, 1.82) is 0 Å². The summed E-state index contributed by atoms with van der Waals surface area (Å²) in [5.74, 6) is 0.0469. The minimum absolute atomic E-state index is 0.0469. The molecule has 0 aliphatic rings. The molecule has 0 aliphatic carbocycles. The van der Waals surface area contributed by atoms with Crippen LogP contribution in [0.25, 0.3) is 16.9 Å². The van der Waals surface area contributed by atoms with Gasteiger partial charge in [0.15, 0.2) is 0 Å². The van der Waals surface area contributed by atoms with Gasteiger partial charge in [-0.2, -0.15) is 4.98 Å². The number of nitrogens with zero attached hydrogens (tertiary/aromatic N) is 3. The largest absolute Gasteiger partial charge is 0.512 e. The topological polar surface area (TPSA) is 76.7 Å². The summed E-state index contributed by atoms with van der Waals surface area (Å²) in [6, 6.07) is 9.29. The molecule has 0 fully saturated rings. The van der Waals surface area contributed by atoms with E-state index in [-0.39, 0.29) is 5.88 Å². The number of fused-ring (bicyclic) bond motifs is 1. The van der Waals surface area contributed by atoms with Crippen molar-refractivity contribution in [3.63, 3.8) is 0 Å². The average molecular weight is 255 g/mol. The van der Waals surface area contributed by atoms with E-state index in [9.17, 15) is 4.79 Å². The monoisotopic (exact) mass is 255 g/mol. The zero-order valence-corrected chi connectivity index (χ0v) is 9.72. The highest BCUT2D eigenvalue weighted by atomic mass is 16.7. The molecule has 0 bridgehead atoms. The maximum atomic E-state index is 10.5. The third-order valence-corrected chi connectivity index (χ3v) is 2.58. The summed E-state index contributed by atoms with van der Waals surface area (Å²) in [6.45, 7) is 0. The van der Waals surface area contributed by atoms with Crippen molar-refractivity contribution in [2.75, 3.05) is 0 Å². The molecule has 0 saturated heterocycles. The van der Waals surface area contributed by atoms with E-state index in [1.807, 2.05) is 30.5 Å². The first-order chi connectivity index (χ1) is 9.22. The highest BCUT2D eigenvalue weighted by Crippen LogP contribution is 2.19. The van der Waals surface area contributed by atoms with Gasteiger partial charge >= 0.3 is 6.16 Å². The number of aromatic nitrogens is 3. The van der Waals surface area contributed by atoms with Crippen molar-refractivity contribution in [3.05, 3.63) is 48.9 Å². The van der Waals surface area contributed by atoms with Gasteiger partial charge in [0.25, 0.3) is 0 Å². The molecule has 0 unspecified atom stereocenters. The third-order valence-electron chi connectivity index (χ3n) is 2.58. The number of carboxylic acid groups (broad SMARTS) is 1. The SMILES string of the molecule is O=C(O)Oc1cn2cc(-c3ccccn3)ccc2n1. The van der Waals surface area contributed by atoms with Crippen molar-refractivity contribution >= 4 is 11.8 Å². The average Bonchev–Trinajstić information content (AvgIpc) is 2.79. The van der Waals surface area contributed by atoms with E-state index in [1.54, 1.807) is 16.7 Å². The first-order valence-electron chi connectivity index (χ1n) is 5.53. The Morgan fingerprint density at radius 3 is 2.84 bits per heavy atom. The molecule has 0 aliphatic heterocycles. The molecule has 0 atom stereocenters. The van der Waals surface area contributed by atoms with E-state index in [2.05, 4.69) is 14.7 Å². The lowest BCUT2D eigenvalue weighted by Gasteiger charge is -2.00. The Labute approximate surface area is 107 Å². The predicted octanol–water partition coefficient (Wildman–Crippen LogP) is 2.45. The molecule has 1 N–H and O–H groups in total. The number of imidazole rings is 1. The van der Waals surface area contributed by atoms with Gasteiger partial charge < -0.3 is 14.2 Å². The Hall–Kier alpha value is -2.89. The number of ether oxygens (including phenoxy) is 1. The Bertz CT molecular complexity index is 737. The number of hydrogen-bond acceptors (Lipinski definition) is 4. The smallest absolute Gasteiger partial charge is 0.449 e. The van der Waals surface area contributed by atoms with Crippen LogP contribution in [-0.2, 0) is 0 Å². The molecule has 0 spiro atoms. The van der Waals surface area contributed by atoms with E-state index < -0.39 is 6.16 Å². The molecule has 0 amide bonds. The molecule has 0 radical (unpaired) electrons. The summed E-state index contributed by atoms with van der Waals surface area (Å²) >= 11 is 0. The van der Waals surface area contributed by atoms with Crippen molar-refractivity contribution in [3.8, 4) is 17.1 Å². The van der Waals surface area contributed by atoms with Crippen LogP contribution in [0.2, 0.25) is 0 Å².